The fraction of sp³-hybridized carbons (Fsp3) is 0.300. The molecule has 1 unspecified atom stereocenters. The molecule has 0 radical (unpaired) electrons. The fourth-order valence-electron chi connectivity index (χ4n) is 1.16. The number of hydrogen-bond acceptors (Lipinski definition) is 3. The first-order chi connectivity index (χ1) is 7.83. The Kier molecular flexibility index (Phi) is 4.70. The molecule has 0 aliphatic carbocycles. The predicted octanol–water partition coefficient (Wildman–Crippen LogP) is 3.81. The molecule has 0 amide bonds. The van der Waals surface area contributed by atoms with E-state index in [9.17, 15) is 18.0 Å². The second-order valence-corrected chi connectivity index (χ2v) is 4.63. The van der Waals surface area contributed by atoms with Gasteiger partial charge in [-0.25, -0.2) is 0 Å². The molecule has 0 fully saturated rings. The maximum absolute atomic E-state index is 12.3. The van der Waals surface area contributed by atoms with E-state index in [2.05, 4.69) is 4.74 Å². The van der Waals surface area contributed by atoms with Crippen molar-refractivity contribution in [2.24, 2.45) is 0 Å². The van der Waals surface area contributed by atoms with Crippen LogP contribution >= 0.6 is 23.4 Å². The Bertz CT molecular complexity index is 409. The van der Waals surface area contributed by atoms with Crippen LogP contribution in [0.1, 0.15) is 10.8 Å². The number of methoxy groups -OCH3 is 1. The molecule has 0 aliphatic heterocycles. The van der Waals surface area contributed by atoms with Gasteiger partial charge in [0.25, 0.3) is 0 Å². The van der Waals surface area contributed by atoms with Gasteiger partial charge in [0.1, 0.15) is 5.25 Å². The quantitative estimate of drug-likeness (QED) is 0.790. The second-order valence-electron chi connectivity index (χ2n) is 3.02. The van der Waals surface area contributed by atoms with Crippen molar-refractivity contribution in [3.63, 3.8) is 0 Å². The van der Waals surface area contributed by atoms with Crippen molar-refractivity contribution in [2.75, 3.05) is 7.11 Å². The van der Waals surface area contributed by atoms with E-state index in [4.69, 9.17) is 11.6 Å². The number of carbonyl (C=O) groups excluding carboxylic acids is 1. The van der Waals surface area contributed by atoms with Crippen molar-refractivity contribution >= 4 is 29.3 Å². The van der Waals surface area contributed by atoms with Gasteiger partial charge in [0, 0.05) is 5.02 Å². The molecular formula is C10H8ClF3O2S. The highest BCUT2D eigenvalue weighted by molar-refractivity contribution is 8.01. The van der Waals surface area contributed by atoms with Crippen LogP contribution in [-0.4, -0.2) is 18.6 Å². The summed E-state index contributed by atoms with van der Waals surface area (Å²) in [5.41, 5.74) is -4.37. The zero-order valence-electron chi connectivity index (χ0n) is 8.62. The SMILES string of the molecule is COC(=O)C(SC(F)(F)F)c1cccc(Cl)c1. The molecular weight excluding hydrogens is 277 g/mol. The lowest BCUT2D eigenvalue weighted by molar-refractivity contribution is -0.140. The maximum Gasteiger partial charge on any atom is 0.442 e. The summed E-state index contributed by atoms with van der Waals surface area (Å²) in [4.78, 5) is 11.3. The summed E-state index contributed by atoms with van der Waals surface area (Å²) in [7, 11) is 1.04. The van der Waals surface area contributed by atoms with Crippen LogP contribution in [0.3, 0.4) is 0 Å². The van der Waals surface area contributed by atoms with Gasteiger partial charge in [0.2, 0.25) is 0 Å². The molecule has 1 aromatic rings. The first-order valence-electron chi connectivity index (χ1n) is 4.41. The van der Waals surface area contributed by atoms with E-state index in [0.29, 0.717) is 0 Å². The third-order valence-electron chi connectivity index (χ3n) is 1.82. The van der Waals surface area contributed by atoms with Crippen molar-refractivity contribution in [1.82, 2.24) is 0 Å². The number of ether oxygens (including phenoxy) is 1. The zero-order valence-corrected chi connectivity index (χ0v) is 10.2. The van der Waals surface area contributed by atoms with Crippen molar-refractivity contribution < 1.29 is 22.7 Å². The molecule has 7 heteroatoms. The lowest BCUT2D eigenvalue weighted by atomic mass is 10.1. The third-order valence-corrected chi connectivity index (χ3v) is 3.02. The number of thioether (sulfide) groups is 1. The first-order valence-corrected chi connectivity index (χ1v) is 5.67. The Morgan fingerprint density at radius 1 is 1.47 bits per heavy atom. The van der Waals surface area contributed by atoms with Crippen molar-refractivity contribution in [3.8, 4) is 0 Å². The molecule has 0 bridgehead atoms. The number of halogens is 4. The van der Waals surface area contributed by atoms with Crippen LogP contribution in [0.5, 0.6) is 0 Å². The number of hydrogen-bond donors (Lipinski definition) is 0. The molecule has 0 spiro atoms. The van der Waals surface area contributed by atoms with Crippen LogP contribution in [0.2, 0.25) is 5.02 Å². The number of benzene rings is 1. The molecule has 0 aliphatic rings. The lowest BCUT2D eigenvalue weighted by Gasteiger charge is -2.16. The predicted molar refractivity (Wildman–Crippen MR) is 59.9 cm³/mol. The number of rotatable bonds is 3. The Balaban J connectivity index is 3.02. The summed E-state index contributed by atoms with van der Waals surface area (Å²) in [6.07, 6.45) is 0. The molecule has 1 aromatic carbocycles. The van der Waals surface area contributed by atoms with Gasteiger partial charge in [-0.2, -0.15) is 13.2 Å². The molecule has 0 N–H and O–H groups in total. The van der Waals surface area contributed by atoms with E-state index in [1.165, 1.54) is 24.3 Å². The van der Waals surface area contributed by atoms with Crippen LogP contribution in [0.15, 0.2) is 24.3 Å². The summed E-state index contributed by atoms with van der Waals surface area (Å²) < 4.78 is 41.3. The minimum atomic E-state index is -4.53. The average Bonchev–Trinajstić information content (AvgIpc) is 2.23. The minimum absolute atomic E-state index is 0.159. The van der Waals surface area contributed by atoms with Gasteiger partial charge in [-0.05, 0) is 29.5 Å². The first kappa shape index (κ1) is 14.2. The summed E-state index contributed by atoms with van der Waals surface area (Å²) in [5, 5.41) is -1.20. The van der Waals surface area contributed by atoms with Crippen LogP contribution in [-0.2, 0) is 9.53 Å². The molecule has 1 atom stereocenters. The molecule has 94 valence electrons. The number of carbonyl (C=O) groups is 1. The Hall–Kier alpha value is -0.880. The summed E-state index contributed by atoms with van der Waals surface area (Å²) >= 11 is 5.23. The Labute approximate surface area is 105 Å². The lowest BCUT2D eigenvalue weighted by Crippen LogP contribution is -2.16. The number of esters is 1. The highest BCUT2D eigenvalue weighted by Crippen LogP contribution is 2.42. The molecule has 1 rings (SSSR count). The van der Waals surface area contributed by atoms with Gasteiger partial charge in [-0.15, -0.1) is 0 Å². The molecule has 0 aromatic heterocycles. The standard InChI is InChI=1S/C10H8ClF3O2S/c1-16-9(15)8(17-10(12,13)14)6-3-2-4-7(11)5-6/h2-5,8H,1H3. The smallest absolute Gasteiger partial charge is 0.442 e. The number of alkyl halides is 3. The van der Waals surface area contributed by atoms with E-state index in [1.54, 1.807) is 0 Å². The van der Waals surface area contributed by atoms with Crippen LogP contribution in [0.4, 0.5) is 13.2 Å². The van der Waals surface area contributed by atoms with Crippen LogP contribution < -0.4 is 0 Å². The molecule has 0 saturated heterocycles. The van der Waals surface area contributed by atoms with E-state index in [0.717, 1.165) is 7.11 Å². The average molecular weight is 285 g/mol. The van der Waals surface area contributed by atoms with Crippen molar-refractivity contribution in [2.45, 2.75) is 10.8 Å². The van der Waals surface area contributed by atoms with E-state index in [1.807, 2.05) is 0 Å². The molecule has 17 heavy (non-hydrogen) atoms. The third kappa shape index (κ3) is 4.47. The largest absolute Gasteiger partial charge is 0.468 e. The highest BCUT2D eigenvalue weighted by atomic mass is 35.5. The van der Waals surface area contributed by atoms with E-state index >= 15 is 0 Å². The normalized spacial score (nSPS) is 13.2. The second kappa shape index (κ2) is 5.64. The minimum Gasteiger partial charge on any atom is -0.468 e. The zero-order chi connectivity index (χ0) is 13.1. The van der Waals surface area contributed by atoms with Gasteiger partial charge in [0.15, 0.2) is 0 Å². The van der Waals surface area contributed by atoms with Gasteiger partial charge >= 0.3 is 11.5 Å². The van der Waals surface area contributed by atoms with Crippen LogP contribution in [0.25, 0.3) is 0 Å². The molecule has 2 nitrogen and oxygen atoms in total. The monoisotopic (exact) mass is 284 g/mol. The summed E-state index contributed by atoms with van der Waals surface area (Å²) in [6, 6.07) is 5.69. The van der Waals surface area contributed by atoms with Gasteiger partial charge < -0.3 is 4.74 Å². The van der Waals surface area contributed by atoms with E-state index < -0.39 is 28.5 Å². The van der Waals surface area contributed by atoms with Crippen LogP contribution in [0, 0.1) is 0 Å². The summed E-state index contributed by atoms with van der Waals surface area (Å²) in [6.45, 7) is 0. The molecule has 0 saturated carbocycles. The van der Waals surface area contributed by atoms with Crippen molar-refractivity contribution in [3.05, 3.63) is 34.9 Å². The topological polar surface area (TPSA) is 26.3 Å². The van der Waals surface area contributed by atoms with Gasteiger partial charge in [-0.1, -0.05) is 23.7 Å². The maximum atomic E-state index is 12.3. The van der Waals surface area contributed by atoms with E-state index in [-0.39, 0.29) is 10.6 Å². The van der Waals surface area contributed by atoms with Gasteiger partial charge in [-0.3, -0.25) is 4.79 Å². The Morgan fingerprint density at radius 3 is 2.59 bits per heavy atom. The summed E-state index contributed by atoms with van der Waals surface area (Å²) in [5.74, 6) is -0.963. The Morgan fingerprint density at radius 2 is 2.12 bits per heavy atom. The molecule has 0 heterocycles. The highest BCUT2D eigenvalue weighted by Gasteiger charge is 2.38. The van der Waals surface area contributed by atoms with Crippen molar-refractivity contribution in [1.29, 1.82) is 0 Å². The van der Waals surface area contributed by atoms with Gasteiger partial charge in [0.05, 0.1) is 7.11 Å². The fourth-order valence-corrected chi connectivity index (χ4v) is 2.10.